The van der Waals surface area contributed by atoms with Gasteiger partial charge in [0.15, 0.2) is 0 Å². The molecule has 0 radical (unpaired) electrons. The van der Waals surface area contributed by atoms with E-state index in [4.69, 9.17) is 0 Å². The summed E-state index contributed by atoms with van der Waals surface area (Å²) in [5.74, 6) is 0. The molecule has 1 aromatic heterocycles. The van der Waals surface area contributed by atoms with Crippen molar-refractivity contribution in [2.24, 2.45) is 0 Å². The van der Waals surface area contributed by atoms with E-state index in [9.17, 15) is 0 Å². The molecule has 0 atom stereocenters. The second-order valence-electron chi connectivity index (χ2n) is 4.46. The second-order valence-corrected chi connectivity index (χ2v) is 4.46. The molecule has 104 valence electrons. The fourth-order valence-electron chi connectivity index (χ4n) is 2.02. The van der Waals surface area contributed by atoms with Gasteiger partial charge in [0.1, 0.15) is 0 Å². The lowest BCUT2D eigenvalue weighted by molar-refractivity contribution is 0.550. The van der Waals surface area contributed by atoms with Crippen molar-refractivity contribution in [1.82, 2.24) is 15.1 Å². The number of nitrogens with zero attached hydrogens (tertiary/aromatic N) is 2. The molecular weight excluding hydrogens is 258 g/mol. The third-order valence-corrected chi connectivity index (χ3v) is 2.98. The van der Waals surface area contributed by atoms with Crippen LogP contribution in [0, 0.1) is 0 Å². The van der Waals surface area contributed by atoms with Gasteiger partial charge in [-0.1, -0.05) is 37.3 Å². The maximum Gasteiger partial charge on any atom is 0.0522 e. The van der Waals surface area contributed by atoms with Crippen molar-refractivity contribution in [3.8, 4) is 0 Å². The lowest BCUT2D eigenvalue weighted by Gasteiger charge is -2.07. The number of hydrogen-bond acceptors (Lipinski definition) is 2. The molecule has 0 aliphatic rings. The van der Waals surface area contributed by atoms with Gasteiger partial charge in [-0.3, -0.25) is 4.68 Å². The first-order chi connectivity index (χ1) is 8.90. The largest absolute Gasteiger partial charge is 0.311 e. The van der Waals surface area contributed by atoms with E-state index >= 15 is 0 Å². The first-order valence-electron chi connectivity index (χ1n) is 6.65. The summed E-state index contributed by atoms with van der Waals surface area (Å²) in [5.41, 5.74) is 2.65. The summed E-state index contributed by atoms with van der Waals surface area (Å²) in [6.45, 7) is 5.07. The SMILES string of the molecule is CCCn1nccc1CNCCc1ccccc1.Cl. The van der Waals surface area contributed by atoms with Crippen molar-refractivity contribution in [3.63, 3.8) is 0 Å². The molecule has 0 aliphatic heterocycles. The summed E-state index contributed by atoms with van der Waals surface area (Å²) in [6.07, 6.45) is 4.07. The van der Waals surface area contributed by atoms with Crippen molar-refractivity contribution < 1.29 is 0 Å². The van der Waals surface area contributed by atoms with Crippen LogP contribution in [0.15, 0.2) is 42.6 Å². The van der Waals surface area contributed by atoms with Gasteiger partial charge < -0.3 is 5.32 Å². The summed E-state index contributed by atoms with van der Waals surface area (Å²) in [6, 6.07) is 12.7. The Bertz CT molecular complexity index is 453. The minimum atomic E-state index is 0. The van der Waals surface area contributed by atoms with Crippen LogP contribution in [0.4, 0.5) is 0 Å². The zero-order valence-corrected chi connectivity index (χ0v) is 12.2. The van der Waals surface area contributed by atoms with E-state index in [1.807, 2.05) is 6.20 Å². The van der Waals surface area contributed by atoms with Crippen LogP contribution in [0.1, 0.15) is 24.6 Å². The van der Waals surface area contributed by atoms with E-state index in [0.717, 1.165) is 32.5 Å². The monoisotopic (exact) mass is 279 g/mol. The van der Waals surface area contributed by atoms with Gasteiger partial charge in [0.2, 0.25) is 0 Å². The molecule has 0 saturated heterocycles. The van der Waals surface area contributed by atoms with Crippen LogP contribution in [0.5, 0.6) is 0 Å². The minimum Gasteiger partial charge on any atom is -0.311 e. The number of benzene rings is 1. The van der Waals surface area contributed by atoms with Gasteiger partial charge in [-0.25, -0.2) is 0 Å². The van der Waals surface area contributed by atoms with Crippen LogP contribution in [0.3, 0.4) is 0 Å². The molecule has 0 fully saturated rings. The van der Waals surface area contributed by atoms with E-state index in [1.54, 1.807) is 0 Å². The highest BCUT2D eigenvalue weighted by Crippen LogP contribution is 2.01. The number of aryl methyl sites for hydroxylation is 1. The topological polar surface area (TPSA) is 29.9 Å². The Kier molecular flexibility index (Phi) is 7.23. The van der Waals surface area contributed by atoms with Gasteiger partial charge in [0.05, 0.1) is 5.69 Å². The van der Waals surface area contributed by atoms with E-state index in [2.05, 4.69) is 58.4 Å². The average Bonchev–Trinajstić information content (AvgIpc) is 2.84. The second kappa shape index (κ2) is 8.73. The summed E-state index contributed by atoms with van der Waals surface area (Å²) >= 11 is 0. The summed E-state index contributed by atoms with van der Waals surface area (Å²) in [5, 5.41) is 7.79. The predicted molar refractivity (Wildman–Crippen MR) is 81.6 cm³/mol. The Morgan fingerprint density at radius 3 is 2.68 bits per heavy atom. The fourth-order valence-corrected chi connectivity index (χ4v) is 2.02. The van der Waals surface area contributed by atoms with Gasteiger partial charge >= 0.3 is 0 Å². The zero-order valence-electron chi connectivity index (χ0n) is 11.4. The molecule has 1 aromatic carbocycles. The molecule has 0 spiro atoms. The number of nitrogens with one attached hydrogen (secondary N) is 1. The first kappa shape index (κ1) is 15.7. The van der Waals surface area contributed by atoms with Crippen molar-refractivity contribution in [2.45, 2.75) is 32.9 Å². The Hall–Kier alpha value is -1.32. The fraction of sp³-hybridized carbons (Fsp3) is 0.400. The van der Waals surface area contributed by atoms with Gasteiger partial charge in [-0.2, -0.15) is 5.10 Å². The maximum absolute atomic E-state index is 4.32. The van der Waals surface area contributed by atoms with Crippen LogP contribution in [-0.2, 0) is 19.5 Å². The summed E-state index contributed by atoms with van der Waals surface area (Å²) in [4.78, 5) is 0. The highest BCUT2D eigenvalue weighted by Gasteiger charge is 2.00. The molecule has 0 aliphatic carbocycles. The van der Waals surface area contributed by atoms with Crippen LogP contribution < -0.4 is 5.32 Å². The highest BCUT2D eigenvalue weighted by atomic mass is 35.5. The standard InChI is InChI=1S/C15H21N3.ClH/c1-2-12-18-15(9-11-17-18)13-16-10-8-14-6-4-3-5-7-14;/h3-7,9,11,16H,2,8,10,12-13H2,1H3;1H. The van der Waals surface area contributed by atoms with Gasteiger partial charge in [-0.05, 0) is 31.0 Å². The van der Waals surface area contributed by atoms with Crippen LogP contribution in [0.25, 0.3) is 0 Å². The molecule has 19 heavy (non-hydrogen) atoms. The number of hydrogen-bond donors (Lipinski definition) is 1. The van der Waals surface area contributed by atoms with Crippen LogP contribution >= 0.6 is 12.4 Å². The first-order valence-corrected chi connectivity index (χ1v) is 6.65. The van der Waals surface area contributed by atoms with Crippen LogP contribution in [-0.4, -0.2) is 16.3 Å². The third kappa shape index (κ3) is 5.05. The van der Waals surface area contributed by atoms with Crippen molar-refractivity contribution in [3.05, 3.63) is 53.9 Å². The molecule has 0 saturated carbocycles. The smallest absolute Gasteiger partial charge is 0.0522 e. The zero-order chi connectivity index (χ0) is 12.6. The minimum absolute atomic E-state index is 0. The summed E-state index contributed by atoms with van der Waals surface area (Å²) < 4.78 is 2.08. The summed E-state index contributed by atoms with van der Waals surface area (Å²) in [7, 11) is 0. The molecule has 2 aromatic rings. The molecule has 2 rings (SSSR count). The van der Waals surface area contributed by atoms with Crippen molar-refractivity contribution >= 4 is 12.4 Å². The number of rotatable bonds is 7. The van der Waals surface area contributed by atoms with Crippen molar-refractivity contribution in [2.75, 3.05) is 6.54 Å². The third-order valence-electron chi connectivity index (χ3n) is 2.98. The van der Waals surface area contributed by atoms with E-state index in [0.29, 0.717) is 0 Å². The Morgan fingerprint density at radius 2 is 1.95 bits per heavy atom. The molecular formula is C15H22ClN3. The molecule has 1 N–H and O–H groups in total. The lowest BCUT2D eigenvalue weighted by Crippen LogP contribution is -2.19. The Morgan fingerprint density at radius 1 is 1.16 bits per heavy atom. The Labute approximate surface area is 121 Å². The molecule has 0 bridgehead atoms. The van der Waals surface area contributed by atoms with Gasteiger partial charge in [0, 0.05) is 19.3 Å². The quantitative estimate of drug-likeness (QED) is 0.790. The molecule has 4 heteroatoms. The van der Waals surface area contributed by atoms with Crippen molar-refractivity contribution in [1.29, 1.82) is 0 Å². The maximum atomic E-state index is 4.32. The van der Waals surface area contributed by atoms with Gasteiger partial charge in [0.25, 0.3) is 0 Å². The number of halogens is 1. The molecule has 0 amide bonds. The lowest BCUT2D eigenvalue weighted by atomic mass is 10.1. The molecule has 1 heterocycles. The van der Waals surface area contributed by atoms with Crippen LogP contribution in [0.2, 0.25) is 0 Å². The molecule has 3 nitrogen and oxygen atoms in total. The predicted octanol–water partition coefficient (Wildman–Crippen LogP) is 3.05. The highest BCUT2D eigenvalue weighted by molar-refractivity contribution is 5.85. The average molecular weight is 280 g/mol. The Balaban J connectivity index is 0.00000180. The van der Waals surface area contributed by atoms with E-state index in [1.165, 1.54) is 11.3 Å². The van der Waals surface area contributed by atoms with E-state index in [-0.39, 0.29) is 12.4 Å². The van der Waals surface area contributed by atoms with E-state index < -0.39 is 0 Å². The number of aromatic nitrogens is 2. The molecule has 0 unspecified atom stereocenters. The van der Waals surface area contributed by atoms with Gasteiger partial charge in [-0.15, -0.1) is 12.4 Å². The normalized spacial score (nSPS) is 10.2.